The van der Waals surface area contributed by atoms with E-state index in [2.05, 4.69) is 26.3 Å². The molecule has 0 spiro atoms. The molecule has 0 bridgehead atoms. The van der Waals surface area contributed by atoms with Crippen LogP contribution in [0.3, 0.4) is 0 Å². The van der Waals surface area contributed by atoms with Gasteiger partial charge in [0, 0.05) is 16.9 Å². The minimum atomic E-state index is -0.902. The number of carbonyl (C=O) groups is 1. The fraction of sp³-hybridized carbons (Fsp3) is 0.273. The average molecular weight is 298 g/mol. The highest BCUT2D eigenvalue weighted by Gasteiger charge is 2.15. The Bertz CT molecular complexity index is 579. The summed E-state index contributed by atoms with van der Waals surface area (Å²) in [6.45, 7) is 1.59. The molecule has 0 aliphatic rings. The summed E-state index contributed by atoms with van der Waals surface area (Å²) in [6.07, 6.45) is 0. The van der Waals surface area contributed by atoms with E-state index in [4.69, 9.17) is 5.11 Å². The maximum absolute atomic E-state index is 10.8. The molecule has 1 heterocycles. The van der Waals surface area contributed by atoms with E-state index >= 15 is 0 Å². The third-order valence-electron chi connectivity index (χ3n) is 2.54. The highest BCUT2D eigenvalue weighted by atomic mass is 79.9. The first-order valence-electron chi connectivity index (χ1n) is 5.10. The minimum absolute atomic E-state index is 0.588. The summed E-state index contributed by atoms with van der Waals surface area (Å²) in [4.78, 5) is 10.8. The molecular weight excluding hydrogens is 286 g/mol. The highest BCUT2D eigenvalue weighted by molar-refractivity contribution is 9.10. The number of aromatic nitrogens is 2. The van der Waals surface area contributed by atoms with E-state index in [1.807, 2.05) is 25.2 Å². The van der Waals surface area contributed by atoms with Crippen molar-refractivity contribution in [3.8, 4) is 0 Å². The Balaban J connectivity index is 2.45. The third-order valence-corrected chi connectivity index (χ3v) is 3.03. The van der Waals surface area contributed by atoms with Gasteiger partial charge in [-0.3, -0.25) is 9.48 Å². The van der Waals surface area contributed by atoms with Gasteiger partial charge in [0.15, 0.2) is 5.82 Å². The fourth-order valence-electron chi connectivity index (χ4n) is 1.60. The van der Waals surface area contributed by atoms with Crippen molar-refractivity contribution in [1.82, 2.24) is 9.78 Å². The van der Waals surface area contributed by atoms with Gasteiger partial charge < -0.3 is 10.4 Å². The molecule has 0 saturated carbocycles. The molecule has 90 valence electrons. The minimum Gasteiger partial charge on any atom is -0.480 e. The quantitative estimate of drug-likeness (QED) is 0.912. The molecule has 1 aromatic heterocycles. The summed E-state index contributed by atoms with van der Waals surface area (Å²) in [5, 5.41) is 16.9. The van der Waals surface area contributed by atoms with Gasteiger partial charge in [-0.25, -0.2) is 0 Å². The molecule has 17 heavy (non-hydrogen) atoms. The highest BCUT2D eigenvalue weighted by Crippen LogP contribution is 2.25. The molecule has 2 aromatic rings. The van der Waals surface area contributed by atoms with Crippen molar-refractivity contribution in [2.75, 3.05) is 5.32 Å². The van der Waals surface area contributed by atoms with E-state index in [1.54, 1.807) is 11.6 Å². The summed E-state index contributed by atoms with van der Waals surface area (Å²) in [7, 11) is 1.82. The van der Waals surface area contributed by atoms with Crippen LogP contribution in [0.1, 0.15) is 6.92 Å². The van der Waals surface area contributed by atoms with Gasteiger partial charge in [-0.05, 0) is 25.1 Å². The standard InChI is InChI=1S/C11H12BrN3O2/c1-6(11(16)17)13-10-8-4-3-7(12)5-9(8)15(2)14-10/h3-6H,1-2H3,(H,13,14)(H,16,17). The average Bonchev–Trinajstić information content (AvgIpc) is 2.55. The number of hydrogen-bond donors (Lipinski definition) is 2. The van der Waals surface area contributed by atoms with E-state index in [9.17, 15) is 4.79 Å². The monoisotopic (exact) mass is 297 g/mol. The van der Waals surface area contributed by atoms with Crippen molar-refractivity contribution in [3.05, 3.63) is 22.7 Å². The second-order valence-corrected chi connectivity index (χ2v) is 4.75. The number of fused-ring (bicyclic) bond motifs is 1. The number of nitrogens with one attached hydrogen (secondary N) is 1. The Kier molecular flexibility index (Phi) is 3.06. The van der Waals surface area contributed by atoms with Gasteiger partial charge in [-0.2, -0.15) is 5.10 Å². The Morgan fingerprint density at radius 2 is 2.29 bits per heavy atom. The Labute approximate surface area is 107 Å². The van der Waals surface area contributed by atoms with Crippen LogP contribution in [0.5, 0.6) is 0 Å². The number of benzene rings is 1. The van der Waals surface area contributed by atoms with Crippen LogP contribution in [-0.2, 0) is 11.8 Å². The lowest BCUT2D eigenvalue weighted by Gasteiger charge is -2.07. The lowest BCUT2D eigenvalue weighted by atomic mass is 10.2. The van der Waals surface area contributed by atoms with Gasteiger partial charge >= 0.3 is 5.97 Å². The van der Waals surface area contributed by atoms with E-state index in [0.29, 0.717) is 5.82 Å². The van der Waals surface area contributed by atoms with E-state index < -0.39 is 12.0 Å². The molecule has 2 N–H and O–H groups in total. The van der Waals surface area contributed by atoms with Gasteiger partial charge in [0.1, 0.15) is 6.04 Å². The van der Waals surface area contributed by atoms with Gasteiger partial charge in [-0.15, -0.1) is 0 Å². The van der Waals surface area contributed by atoms with Crippen LogP contribution in [-0.4, -0.2) is 26.9 Å². The Morgan fingerprint density at radius 1 is 1.59 bits per heavy atom. The fourth-order valence-corrected chi connectivity index (χ4v) is 1.95. The predicted molar refractivity (Wildman–Crippen MR) is 69.1 cm³/mol. The largest absolute Gasteiger partial charge is 0.480 e. The molecule has 1 atom stereocenters. The normalized spacial score (nSPS) is 12.6. The van der Waals surface area contributed by atoms with Crippen molar-refractivity contribution in [2.45, 2.75) is 13.0 Å². The smallest absolute Gasteiger partial charge is 0.325 e. The van der Waals surface area contributed by atoms with Crippen molar-refractivity contribution in [3.63, 3.8) is 0 Å². The number of carboxylic acid groups (broad SMARTS) is 1. The number of anilines is 1. The molecule has 1 unspecified atom stereocenters. The Morgan fingerprint density at radius 3 is 2.94 bits per heavy atom. The first-order chi connectivity index (χ1) is 7.99. The third kappa shape index (κ3) is 2.26. The number of carboxylic acids is 1. The van der Waals surface area contributed by atoms with Crippen molar-refractivity contribution >= 4 is 38.6 Å². The van der Waals surface area contributed by atoms with Crippen LogP contribution >= 0.6 is 15.9 Å². The molecular formula is C11H12BrN3O2. The molecule has 1 aromatic carbocycles. The van der Waals surface area contributed by atoms with Crippen LogP contribution < -0.4 is 5.32 Å². The summed E-state index contributed by atoms with van der Waals surface area (Å²) in [5.74, 6) is -0.314. The number of rotatable bonds is 3. The topological polar surface area (TPSA) is 67.2 Å². The lowest BCUT2D eigenvalue weighted by molar-refractivity contribution is -0.137. The van der Waals surface area contributed by atoms with Gasteiger partial charge in [-0.1, -0.05) is 15.9 Å². The SMILES string of the molecule is CC(Nc1nn(C)c2cc(Br)ccc12)C(=O)O. The van der Waals surface area contributed by atoms with Gasteiger partial charge in [0.25, 0.3) is 0 Å². The first-order valence-corrected chi connectivity index (χ1v) is 5.90. The molecule has 0 amide bonds. The molecule has 0 saturated heterocycles. The number of aryl methyl sites for hydroxylation is 1. The Hall–Kier alpha value is -1.56. The zero-order valence-electron chi connectivity index (χ0n) is 9.44. The molecule has 6 heteroatoms. The van der Waals surface area contributed by atoms with Crippen LogP contribution in [0.2, 0.25) is 0 Å². The van der Waals surface area contributed by atoms with Crippen LogP contribution in [0.15, 0.2) is 22.7 Å². The maximum atomic E-state index is 10.8. The second-order valence-electron chi connectivity index (χ2n) is 3.84. The summed E-state index contributed by atoms with van der Waals surface area (Å²) in [6, 6.07) is 5.08. The number of nitrogens with zero attached hydrogens (tertiary/aromatic N) is 2. The van der Waals surface area contributed by atoms with Gasteiger partial charge in [0.2, 0.25) is 0 Å². The van der Waals surface area contributed by atoms with Crippen molar-refractivity contribution in [1.29, 1.82) is 0 Å². The number of aliphatic carboxylic acids is 1. The zero-order valence-corrected chi connectivity index (χ0v) is 11.0. The van der Waals surface area contributed by atoms with E-state index in [0.717, 1.165) is 15.4 Å². The summed E-state index contributed by atoms with van der Waals surface area (Å²) >= 11 is 3.39. The summed E-state index contributed by atoms with van der Waals surface area (Å²) in [5.41, 5.74) is 0.944. The molecule has 0 radical (unpaired) electrons. The molecule has 5 nitrogen and oxygen atoms in total. The van der Waals surface area contributed by atoms with E-state index in [1.165, 1.54) is 0 Å². The molecule has 2 rings (SSSR count). The van der Waals surface area contributed by atoms with Crippen molar-refractivity contribution < 1.29 is 9.90 Å². The molecule has 0 aliphatic carbocycles. The zero-order chi connectivity index (χ0) is 12.6. The predicted octanol–water partition coefficient (Wildman–Crippen LogP) is 2.22. The number of halogens is 1. The number of hydrogen-bond acceptors (Lipinski definition) is 3. The van der Waals surface area contributed by atoms with Crippen LogP contribution in [0.25, 0.3) is 10.9 Å². The van der Waals surface area contributed by atoms with Crippen molar-refractivity contribution in [2.24, 2.45) is 7.05 Å². The van der Waals surface area contributed by atoms with Crippen LogP contribution in [0.4, 0.5) is 5.82 Å². The van der Waals surface area contributed by atoms with Gasteiger partial charge in [0.05, 0.1) is 5.52 Å². The second kappa shape index (κ2) is 4.37. The maximum Gasteiger partial charge on any atom is 0.325 e. The summed E-state index contributed by atoms with van der Waals surface area (Å²) < 4.78 is 2.68. The lowest BCUT2D eigenvalue weighted by Crippen LogP contribution is -2.25. The molecule has 0 fully saturated rings. The molecule has 0 aliphatic heterocycles. The van der Waals surface area contributed by atoms with Crippen LogP contribution in [0, 0.1) is 0 Å². The van der Waals surface area contributed by atoms with E-state index in [-0.39, 0.29) is 0 Å². The first kappa shape index (κ1) is 11.9.